The lowest BCUT2D eigenvalue weighted by Crippen LogP contribution is -2.45. The Balaban J connectivity index is 2.58. The number of unbranched alkanes of at least 4 members (excludes halogenated alkanes) is 1. The van der Waals surface area contributed by atoms with Crippen LogP contribution in [0.4, 0.5) is 26.8 Å². The van der Waals surface area contributed by atoms with Crippen LogP contribution in [0.1, 0.15) is 26.7 Å². The van der Waals surface area contributed by atoms with E-state index in [1.165, 1.54) is 14.2 Å². The van der Waals surface area contributed by atoms with E-state index >= 15 is 0 Å². The molecule has 12 heteroatoms. The molecule has 1 rings (SSSR count). The average molecular weight is 431 g/mol. The van der Waals surface area contributed by atoms with Gasteiger partial charge in [-0.2, -0.15) is 4.39 Å². The Hall–Kier alpha value is -1.76. The van der Waals surface area contributed by atoms with Crippen LogP contribution in [0.5, 0.6) is 5.75 Å². The highest BCUT2D eigenvalue weighted by Gasteiger charge is 2.39. The number of benzene rings is 1. The molecule has 1 amide bonds. The van der Waals surface area contributed by atoms with Gasteiger partial charge >= 0.3 is 14.9 Å². The minimum Gasteiger partial charge on any atom is -0.405 e. The van der Waals surface area contributed by atoms with Crippen LogP contribution in [-0.4, -0.2) is 46.9 Å². The van der Waals surface area contributed by atoms with E-state index in [-0.39, 0.29) is 18.6 Å². The van der Waals surface area contributed by atoms with Crippen LogP contribution in [0.3, 0.4) is 0 Å². The van der Waals surface area contributed by atoms with Gasteiger partial charge in [-0.1, -0.05) is 4.48 Å². The van der Waals surface area contributed by atoms with Crippen LogP contribution in [0.15, 0.2) is 6.07 Å². The van der Waals surface area contributed by atoms with Gasteiger partial charge in [0.15, 0.2) is 17.4 Å². The minimum absolute atomic E-state index is 0.111. The second-order valence-electron chi connectivity index (χ2n) is 5.97. The van der Waals surface area contributed by atoms with Gasteiger partial charge in [-0.15, -0.1) is 5.12 Å². The smallest absolute Gasteiger partial charge is 0.405 e. The fourth-order valence-corrected chi connectivity index (χ4v) is 4.54. The molecular weight excluding hydrogens is 409 g/mol. The topological polar surface area (TPSA) is 57.2 Å². The summed E-state index contributed by atoms with van der Waals surface area (Å²) in [6.07, 6.45) is -1.35. The number of hydrogen-bond donors (Lipinski definition) is 0. The first-order valence-corrected chi connectivity index (χ1v) is 10.3. The zero-order valence-corrected chi connectivity index (χ0v) is 16.9. The van der Waals surface area contributed by atoms with Crippen LogP contribution in [-0.2, 0) is 13.3 Å². The van der Waals surface area contributed by atoms with Crippen molar-refractivity contribution in [3.63, 3.8) is 0 Å². The van der Waals surface area contributed by atoms with Gasteiger partial charge < -0.3 is 18.0 Å². The number of rotatable bonds is 10. The molecule has 0 aliphatic heterocycles. The van der Waals surface area contributed by atoms with Crippen molar-refractivity contribution in [2.24, 2.45) is 0 Å². The van der Waals surface area contributed by atoms with E-state index < -0.39 is 55.6 Å². The van der Waals surface area contributed by atoms with E-state index in [2.05, 4.69) is 4.74 Å². The molecule has 160 valence electrons. The molecule has 0 heterocycles. The molecule has 0 spiro atoms. The molecule has 1 aromatic carbocycles. The number of halogens is 5. The first-order valence-electron chi connectivity index (χ1n) is 8.33. The Labute approximate surface area is 160 Å². The lowest BCUT2D eigenvalue weighted by Gasteiger charge is -2.28. The van der Waals surface area contributed by atoms with Gasteiger partial charge in [0, 0.05) is 32.4 Å². The van der Waals surface area contributed by atoms with Gasteiger partial charge in [0.2, 0.25) is 11.6 Å². The summed E-state index contributed by atoms with van der Waals surface area (Å²) >= 11 is 0. The van der Waals surface area contributed by atoms with Crippen molar-refractivity contribution >= 4 is 14.9 Å². The van der Waals surface area contributed by atoms with E-state index in [1.54, 1.807) is 13.8 Å². The first kappa shape index (κ1) is 24.3. The van der Waals surface area contributed by atoms with Crippen molar-refractivity contribution < 1.29 is 44.9 Å². The van der Waals surface area contributed by atoms with E-state index in [1.807, 2.05) is 0 Å². The van der Waals surface area contributed by atoms with Gasteiger partial charge in [-0.05, 0) is 26.7 Å². The van der Waals surface area contributed by atoms with Crippen molar-refractivity contribution in [3.05, 3.63) is 29.3 Å². The molecule has 28 heavy (non-hydrogen) atoms. The van der Waals surface area contributed by atoms with Crippen LogP contribution in [0.2, 0.25) is 6.04 Å². The van der Waals surface area contributed by atoms with Gasteiger partial charge in [0.05, 0.1) is 6.54 Å². The molecule has 6 nitrogen and oxygen atoms in total. The third-order valence-corrected chi connectivity index (χ3v) is 6.63. The quantitative estimate of drug-likeness (QED) is 0.138. The molecule has 0 bridgehead atoms. The predicted octanol–water partition coefficient (Wildman–Crippen LogP) is 4.37. The number of nitrogens with zero attached hydrogens (tertiary/aromatic N) is 1. The predicted molar refractivity (Wildman–Crippen MR) is 90.1 cm³/mol. The van der Waals surface area contributed by atoms with Crippen molar-refractivity contribution in [1.29, 1.82) is 0 Å². The normalized spacial score (nSPS) is 11.8. The van der Waals surface area contributed by atoms with E-state index in [0.717, 1.165) is 0 Å². The molecule has 0 N–H and O–H groups in total. The number of hydrogen-bond acceptors (Lipinski definition) is 5. The second-order valence-corrected chi connectivity index (χ2v) is 8.89. The summed E-state index contributed by atoms with van der Waals surface area (Å²) in [7, 11) is -0.0439. The summed E-state index contributed by atoms with van der Waals surface area (Å²) in [5, 5.41) is -0.398. The summed E-state index contributed by atoms with van der Waals surface area (Å²) in [4.78, 5) is 11.6. The van der Waals surface area contributed by atoms with Crippen molar-refractivity contribution in [2.45, 2.75) is 38.8 Å². The molecule has 0 radical (unpaired) electrons. The number of carbonyl (C=O) groups excluding carboxylic acids is 1. The Morgan fingerprint density at radius 3 is 2.21 bits per heavy atom. The van der Waals surface area contributed by atoms with Gasteiger partial charge in [0.25, 0.3) is 0 Å². The van der Waals surface area contributed by atoms with Crippen molar-refractivity contribution in [1.82, 2.24) is 5.12 Å². The zero-order chi connectivity index (χ0) is 21.5. The molecule has 0 aromatic heterocycles. The van der Waals surface area contributed by atoms with Crippen molar-refractivity contribution in [3.8, 4) is 5.75 Å². The molecule has 0 aliphatic rings. The largest absolute Gasteiger partial charge is 0.500 e. The fraction of sp³-hybridized carbons (Fsp3) is 0.562. The SMILES string of the molecule is CO[Si](CCCCN(F)C(=O)Oc1cc(F)c(F)c(F)c1F)(OC)OC(C)C. The lowest BCUT2D eigenvalue weighted by molar-refractivity contribution is 0.0340. The fourth-order valence-electron chi connectivity index (χ4n) is 2.25. The molecule has 0 saturated carbocycles. The summed E-state index contributed by atoms with van der Waals surface area (Å²) < 4.78 is 86.8. The summed E-state index contributed by atoms with van der Waals surface area (Å²) in [5.41, 5.74) is 0. The first-order chi connectivity index (χ1) is 13.1. The monoisotopic (exact) mass is 431 g/mol. The lowest BCUT2D eigenvalue weighted by atomic mass is 10.3. The maximum absolute atomic E-state index is 13.8. The Morgan fingerprint density at radius 1 is 1.07 bits per heavy atom. The summed E-state index contributed by atoms with van der Waals surface area (Å²) in [6, 6.07) is 0.462. The molecule has 0 atom stereocenters. The Morgan fingerprint density at radius 2 is 1.68 bits per heavy atom. The highest BCUT2D eigenvalue weighted by Crippen LogP contribution is 2.25. The van der Waals surface area contributed by atoms with Gasteiger partial charge in [0.1, 0.15) is 0 Å². The van der Waals surface area contributed by atoms with E-state index in [9.17, 15) is 26.8 Å². The van der Waals surface area contributed by atoms with Gasteiger partial charge in [-0.25, -0.2) is 18.0 Å². The average Bonchev–Trinajstić information content (AvgIpc) is 2.66. The van der Waals surface area contributed by atoms with Gasteiger partial charge in [-0.3, -0.25) is 0 Å². The van der Waals surface area contributed by atoms with E-state index in [0.29, 0.717) is 12.5 Å². The highest BCUT2D eigenvalue weighted by molar-refractivity contribution is 6.60. The number of amides is 1. The second kappa shape index (κ2) is 10.7. The summed E-state index contributed by atoms with van der Waals surface area (Å²) in [5.74, 6) is -9.22. The number of carbonyl (C=O) groups is 1. The maximum atomic E-state index is 13.8. The Bertz CT molecular complexity index is 675. The molecular formula is C16H22F5NO5Si. The molecule has 1 aromatic rings. The standard InChI is InChI=1S/C16H22F5NO5Si/c1-10(2)27-28(24-3,25-4)8-6-5-7-22(21)16(23)26-12-9-11(17)13(18)15(20)14(12)19/h9-10H,5-8H2,1-4H3. The third-order valence-electron chi connectivity index (χ3n) is 3.59. The van der Waals surface area contributed by atoms with Crippen LogP contribution >= 0.6 is 0 Å². The summed E-state index contributed by atoms with van der Waals surface area (Å²) in [6.45, 7) is 3.16. The molecule has 0 fully saturated rings. The zero-order valence-electron chi connectivity index (χ0n) is 15.9. The maximum Gasteiger partial charge on any atom is 0.500 e. The van der Waals surface area contributed by atoms with Crippen LogP contribution in [0.25, 0.3) is 0 Å². The van der Waals surface area contributed by atoms with Crippen molar-refractivity contribution in [2.75, 3.05) is 20.8 Å². The minimum atomic E-state index is -2.92. The molecule has 0 saturated heterocycles. The highest BCUT2D eigenvalue weighted by atomic mass is 28.4. The molecule has 0 aliphatic carbocycles. The van der Waals surface area contributed by atoms with Crippen LogP contribution < -0.4 is 4.74 Å². The molecule has 0 unspecified atom stereocenters. The van der Waals surface area contributed by atoms with Crippen LogP contribution in [0, 0.1) is 23.3 Å². The van der Waals surface area contributed by atoms with E-state index in [4.69, 9.17) is 13.3 Å². The number of ether oxygens (including phenoxy) is 1. The third kappa shape index (κ3) is 6.40. The Kier molecular flexibility index (Phi) is 9.27.